The van der Waals surface area contributed by atoms with Gasteiger partial charge in [-0.25, -0.2) is 4.98 Å². The van der Waals surface area contributed by atoms with E-state index < -0.39 is 6.04 Å². The van der Waals surface area contributed by atoms with Crippen LogP contribution in [0.2, 0.25) is 10.0 Å². The van der Waals surface area contributed by atoms with Crippen molar-refractivity contribution in [3.8, 4) is 0 Å². The quantitative estimate of drug-likeness (QED) is 0.586. The van der Waals surface area contributed by atoms with E-state index in [0.717, 1.165) is 10.4 Å². The molecule has 2 N–H and O–H groups in total. The van der Waals surface area contributed by atoms with E-state index in [4.69, 9.17) is 23.2 Å². The van der Waals surface area contributed by atoms with Gasteiger partial charge in [-0.1, -0.05) is 41.4 Å². The Labute approximate surface area is 176 Å². The fraction of sp³-hybridized carbons (Fsp3) is 0.150. The largest absolute Gasteiger partial charge is 0.341 e. The van der Waals surface area contributed by atoms with E-state index >= 15 is 0 Å². The number of amides is 2. The maximum atomic E-state index is 12.3. The zero-order valence-corrected chi connectivity index (χ0v) is 17.2. The Kier molecular flexibility index (Phi) is 6.67. The molecular formula is C20H17Cl2N3O2S. The number of nitrogens with one attached hydrogen (secondary N) is 2. The third kappa shape index (κ3) is 5.32. The van der Waals surface area contributed by atoms with E-state index in [-0.39, 0.29) is 11.8 Å². The van der Waals surface area contributed by atoms with Crippen LogP contribution >= 0.6 is 34.5 Å². The predicted octanol–water partition coefficient (Wildman–Crippen LogP) is 4.80. The van der Waals surface area contributed by atoms with Crippen molar-refractivity contribution in [1.82, 2.24) is 10.3 Å². The molecular weight excluding hydrogens is 417 g/mol. The smallest absolute Gasteiger partial charge is 0.251 e. The standard InChI is InChI=1S/C20H17Cl2N3O2S/c1-12(24-19(27)13-5-3-2-4-6-13)18(26)25-20-23-11-16(28-20)10-14-9-15(21)7-8-17(14)22/h2-9,11-12H,10H2,1H3,(H,24,27)(H,23,25,26)/t12-/m0/s1. The molecule has 2 aromatic carbocycles. The van der Waals surface area contributed by atoms with Gasteiger partial charge in [0.1, 0.15) is 6.04 Å². The number of benzene rings is 2. The summed E-state index contributed by atoms with van der Waals surface area (Å²) in [6, 6.07) is 13.3. The monoisotopic (exact) mass is 433 g/mol. The Morgan fingerprint density at radius 2 is 1.89 bits per heavy atom. The van der Waals surface area contributed by atoms with Crippen LogP contribution < -0.4 is 10.6 Å². The summed E-state index contributed by atoms with van der Waals surface area (Å²) in [4.78, 5) is 29.7. The average molecular weight is 434 g/mol. The molecule has 0 aliphatic heterocycles. The highest BCUT2D eigenvalue weighted by Crippen LogP contribution is 2.27. The molecule has 1 aromatic heterocycles. The van der Waals surface area contributed by atoms with Gasteiger partial charge in [0, 0.05) is 33.1 Å². The van der Waals surface area contributed by atoms with Gasteiger partial charge in [-0.05, 0) is 42.8 Å². The first-order chi connectivity index (χ1) is 13.4. The van der Waals surface area contributed by atoms with Gasteiger partial charge < -0.3 is 10.6 Å². The van der Waals surface area contributed by atoms with Crippen LogP contribution in [0, 0.1) is 0 Å². The number of carbonyl (C=O) groups excluding carboxylic acids is 2. The highest BCUT2D eigenvalue weighted by molar-refractivity contribution is 7.15. The number of anilines is 1. The number of carbonyl (C=O) groups is 2. The molecule has 0 aliphatic rings. The van der Waals surface area contributed by atoms with E-state index in [1.54, 1.807) is 49.5 Å². The van der Waals surface area contributed by atoms with Crippen LogP contribution in [0.4, 0.5) is 5.13 Å². The minimum Gasteiger partial charge on any atom is -0.341 e. The first kappa shape index (κ1) is 20.3. The van der Waals surface area contributed by atoms with E-state index in [1.807, 2.05) is 12.1 Å². The van der Waals surface area contributed by atoms with Crippen molar-refractivity contribution in [2.24, 2.45) is 0 Å². The van der Waals surface area contributed by atoms with E-state index in [9.17, 15) is 9.59 Å². The van der Waals surface area contributed by atoms with Gasteiger partial charge in [0.2, 0.25) is 5.91 Å². The maximum absolute atomic E-state index is 12.3. The van der Waals surface area contributed by atoms with Crippen molar-refractivity contribution in [1.29, 1.82) is 0 Å². The van der Waals surface area contributed by atoms with Crippen LogP contribution in [0.1, 0.15) is 27.7 Å². The van der Waals surface area contributed by atoms with Crippen molar-refractivity contribution in [2.75, 3.05) is 5.32 Å². The summed E-state index contributed by atoms with van der Waals surface area (Å²) in [6.45, 7) is 1.62. The minimum absolute atomic E-state index is 0.307. The molecule has 0 radical (unpaired) electrons. The first-order valence-corrected chi connectivity index (χ1v) is 10.0. The van der Waals surface area contributed by atoms with Crippen LogP contribution in [-0.2, 0) is 11.2 Å². The van der Waals surface area contributed by atoms with Crippen LogP contribution in [0.5, 0.6) is 0 Å². The number of hydrogen-bond donors (Lipinski definition) is 2. The summed E-state index contributed by atoms with van der Waals surface area (Å²) in [5.41, 5.74) is 1.39. The Hall–Kier alpha value is -2.41. The molecule has 3 rings (SSSR count). The normalized spacial score (nSPS) is 11.7. The average Bonchev–Trinajstić information content (AvgIpc) is 3.12. The lowest BCUT2D eigenvalue weighted by molar-refractivity contribution is -0.117. The van der Waals surface area contributed by atoms with Crippen molar-refractivity contribution in [3.63, 3.8) is 0 Å². The number of thiazole rings is 1. The summed E-state index contributed by atoms with van der Waals surface area (Å²) in [6.07, 6.45) is 2.25. The van der Waals surface area contributed by atoms with Crippen molar-refractivity contribution < 1.29 is 9.59 Å². The number of nitrogens with zero attached hydrogens (tertiary/aromatic N) is 1. The van der Waals surface area contributed by atoms with Gasteiger partial charge in [0.05, 0.1) is 0 Å². The van der Waals surface area contributed by atoms with Gasteiger partial charge in [0.25, 0.3) is 5.91 Å². The van der Waals surface area contributed by atoms with Crippen LogP contribution in [0.25, 0.3) is 0 Å². The second-order valence-electron chi connectivity index (χ2n) is 6.09. The second-order valence-corrected chi connectivity index (χ2v) is 8.05. The lowest BCUT2D eigenvalue weighted by Gasteiger charge is -2.12. The Morgan fingerprint density at radius 3 is 2.64 bits per heavy atom. The molecule has 8 heteroatoms. The molecule has 1 atom stereocenters. The summed E-state index contributed by atoms with van der Waals surface area (Å²) in [5.74, 6) is -0.648. The summed E-state index contributed by atoms with van der Waals surface area (Å²) in [5, 5.41) is 7.09. The van der Waals surface area contributed by atoms with Gasteiger partial charge in [-0.2, -0.15) is 0 Å². The summed E-state index contributed by atoms with van der Waals surface area (Å²) < 4.78 is 0. The van der Waals surface area contributed by atoms with Gasteiger partial charge in [0.15, 0.2) is 5.13 Å². The third-order valence-electron chi connectivity index (χ3n) is 3.93. The number of aromatic nitrogens is 1. The highest BCUT2D eigenvalue weighted by Gasteiger charge is 2.18. The zero-order chi connectivity index (χ0) is 20.1. The molecule has 0 unspecified atom stereocenters. The first-order valence-electron chi connectivity index (χ1n) is 8.48. The number of halogens is 2. The topological polar surface area (TPSA) is 71.1 Å². The third-order valence-corrected chi connectivity index (χ3v) is 5.45. The molecule has 0 bridgehead atoms. The molecule has 0 saturated heterocycles. The van der Waals surface area contributed by atoms with Gasteiger partial charge in [-0.3, -0.25) is 9.59 Å². The van der Waals surface area contributed by atoms with Crippen LogP contribution in [0.15, 0.2) is 54.7 Å². The van der Waals surface area contributed by atoms with Crippen LogP contribution in [0.3, 0.4) is 0 Å². The molecule has 28 heavy (non-hydrogen) atoms. The highest BCUT2D eigenvalue weighted by atomic mass is 35.5. The molecule has 144 valence electrons. The van der Waals surface area contributed by atoms with Crippen molar-refractivity contribution in [2.45, 2.75) is 19.4 Å². The lowest BCUT2D eigenvalue weighted by Crippen LogP contribution is -2.41. The number of rotatable bonds is 6. The minimum atomic E-state index is -0.706. The van der Waals surface area contributed by atoms with E-state index in [2.05, 4.69) is 15.6 Å². The van der Waals surface area contributed by atoms with Crippen molar-refractivity contribution in [3.05, 3.63) is 80.8 Å². The summed E-state index contributed by atoms with van der Waals surface area (Å²) in [7, 11) is 0. The zero-order valence-electron chi connectivity index (χ0n) is 14.9. The summed E-state index contributed by atoms with van der Waals surface area (Å²) >= 11 is 13.6. The van der Waals surface area contributed by atoms with E-state index in [1.165, 1.54) is 11.3 Å². The second kappa shape index (κ2) is 9.19. The molecule has 0 saturated carbocycles. The molecule has 5 nitrogen and oxygen atoms in total. The Balaban J connectivity index is 1.59. The van der Waals surface area contributed by atoms with E-state index in [0.29, 0.717) is 27.2 Å². The molecule has 0 spiro atoms. The molecule has 2 amide bonds. The SMILES string of the molecule is C[C@H](NC(=O)c1ccccc1)C(=O)Nc1ncc(Cc2cc(Cl)ccc2Cl)s1. The fourth-order valence-corrected chi connectivity index (χ4v) is 3.68. The van der Waals surface area contributed by atoms with Crippen LogP contribution in [-0.4, -0.2) is 22.8 Å². The molecule has 0 aliphatic carbocycles. The lowest BCUT2D eigenvalue weighted by atomic mass is 10.1. The predicted molar refractivity (Wildman–Crippen MR) is 113 cm³/mol. The Bertz CT molecular complexity index is 992. The fourth-order valence-electron chi connectivity index (χ4n) is 2.46. The molecule has 0 fully saturated rings. The molecule has 3 aromatic rings. The van der Waals surface area contributed by atoms with Gasteiger partial charge >= 0.3 is 0 Å². The Morgan fingerprint density at radius 1 is 1.14 bits per heavy atom. The maximum Gasteiger partial charge on any atom is 0.251 e. The number of hydrogen-bond acceptors (Lipinski definition) is 4. The van der Waals surface area contributed by atoms with Crippen molar-refractivity contribution >= 4 is 51.5 Å². The molecule has 1 heterocycles. The van der Waals surface area contributed by atoms with Gasteiger partial charge in [-0.15, -0.1) is 11.3 Å².